The maximum absolute atomic E-state index is 11.8. The Labute approximate surface area is 120 Å². The van der Waals surface area contributed by atoms with Crippen molar-refractivity contribution in [3.8, 4) is 0 Å². The molecule has 104 valence electrons. The third-order valence-corrected chi connectivity index (χ3v) is 4.46. The highest BCUT2D eigenvalue weighted by Crippen LogP contribution is 2.30. The van der Waals surface area contributed by atoms with E-state index in [4.69, 9.17) is 0 Å². The Balaban J connectivity index is 1.89. The van der Waals surface area contributed by atoms with Gasteiger partial charge in [-0.2, -0.15) is 0 Å². The molecule has 0 atom stereocenters. The van der Waals surface area contributed by atoms with Crippen molar-refractivity contribution in [2.45, 2.75) is 32.1 Å². The van der Waals surface area contributed by atoms with Crippen molar-refractivity contribution in [1.82, 2.24) is 10.3 Å². The van der Waals surface area contributed by atoms with Gasteiger partial charge in [0, 0.05) is 36.7 Å². The summed E-state index contributed by atoms with van der Waals surface area (Å²) in [6.45, 7) is 7.07. The summed E-state index contributed by atoms with van der Waals surface area (Å²) in [5.74, 6) is -0.132. The van der Waals surface area contributed by atoms with E-state index in [9.17, 15) is 9.59 Å². The summed E-state index contributed by atoms with van der Waals surface area (Å²) < 4.78 is 0. The maximum Gasteiger partial charge on any atom is 0.271 e. The Bertz CT molecular complexity index is 481. The Hall–Kier alpha value is -1.08. The first-order valence-corrected chi connectivity index (χ1v) is 7.90. The monoisotopic (exact) mass is 299 g/mol. The van der Waals surface area contributed by atoms with E-state index in [2.05, 4.69) is 15.2 Å². The molecule has 0 spiro atoms. The van der Waals surface area contributed by atoms with E-state index in [-0.39, 0.29) is 17.1 Å². The van der Waals surface area contributed by atoms with Crippen LogP contribution >= 0.6 is 23.1 Å². The molecule has 1 fully saturated rings. The number of thiazole rings is 1. The minimum Gasteiger partial charge on any atom is -0.349 e. The number of thioether (sulfide) groups is 1. The number of aromatic nitrogens is 1. The van der Waals surface area contributed by atoms with E-state index in [1.165, 1.54) is 23.1 Å². The van der Waals surface area contributed by atoms with Gasteiger partial charge in [0.05, 0.1) is 0 Å². The van der Waals surface area contributed by atoms with Crippen molar-refractivity contribution in [3.63, 3.8) is 0 Å². The number of carbonyl (C=O) groups is 2. The second-order valence-corrected chi connectivity index (χ2v) is 7.09. The lowest BCUT2D eigenvalue weighted by molar-refractivity contribution is -0.109. The van der Waals surface area contributed by atoms with Gasteiger partial charge in [-0.05, 0) is 13.8 Å². The lowest BCUT2D eigenvalue weighted by Gasteiger charge is -2.37. The zero-order chi connectivity index (χ0) is 14.0. The summed E-state index contributed by atoms with van der Waals surface area (Å²) in [5, 5.41) is 5.96. The van der Waals surface area contributed by atoms with Crippen molar-refractivity contribution in [2.75, 3.05) is 18.0 Å². The molecule has 1 aromatic rings. The van der Waals surface area contributed by atoms with Gasteiger partial charge >= 0.3 is 0 Å². The molecule has 7 heteroatoms. The van der Waals surface area contributed by atoms with Gasteiger partial charge in [0.1, 0.15) is 5.69 Å². The predicted molar refractivity (Wildman–Crippen MR) is 79.0 cm³/mol. The number of hydrogen-bond donors (Lipinski definition) is 1. The number of rotatable bonds is 4. The first kappa shape index (κ1) is 14.3. The van der Waals surface area contributed by atoms with Gasteiger partial charge in [-0.3, -0.25) is 9.59 Å². The van der Waals surface area contributed by atoms with Crippen LogP contribution < -0.4 is 10.2 Å². The van der Waals surface area contributed by atoms with Crippen LogP contribution in [0.4, 0.5) is 5.13 Å². The highest BCUT2D eigenvalue weighted by Gasteiger charge is 2.30. The van der Waals surface area contributed by atoms with Crippen LogP contribution in [0.25, 0.3) is 0 Å². The smallest absolute Gasteiger partial charge is 0.271 e. The van der Waals surface area contributed by atoms with Crippen LogP contribution in [0.1, 0.15) is 31.3 Å². The molecule has 2 heterocycles. The third-order valence-electron chi connectivity index (χ3n) is 2.60. The molecule has 1 N–H and O–H groups in total. The first-order valence-electron chi connectivity index (χ1n) is 6.14. The van der Waals surface area contributed by atoms with Crippen LogP contribution in [0.5, 0.6) is 0 Å². The quantitative estimate of drug-likeness (QED) is 0.917. The molecule has 0 aromatic carbocycles. The van der Waals surface area contributed by atoms with Crippen molar-refractivity contribution >= 4 is 39.3 Å². The molecule has 0 radical (unpaired) electrons. The van der Waals surface area contributed by atoms with Crippen molar-refractivity contribution < 1.29 is 9.59 Å². The highest BCUT2D eigenvalue weighted by atomic mass is 32.2. The molecule has 1 aromatic heterocycles. The van der Waals surface area contributed by atoms with Crippen molar-refractivity contribution in [3.05, 3.63) is 11.1 Å². The minimum atomic E-state index is -0.132. The molecule has 1 aliphatic rings. The van der Waals surface area contributed by atoms with E-state index in [0.717, 1.165) is 18.2 Å². The van der Waals surface area contributed by atoms with Crippen LogP contribution in [-0.2, 0) is 4.79 Å². The number of anilines is 1. The molecular weight excluding hydrogens is 282 g/mol. The number of hydrogen-bond acceptors (Lipinski definition) is 6. The summed E-state index contributed by atoms with van der Waals surface area (Å²) in [6.07, 6.45) is 0. The third kappa shape index (κ3) is 3.70. The number of nitrogens with one attached hydrogen (secondary N) is 1. The van der Waals surface area contributed by atoms with E-state index in [0.29, 0.717) is 10.9 Å². The normalized spacial score (nSPS) is 15.5. The Kier molecular flexibility index (Phi) is 4.46. The van der Waals surface area contributed by atoms with Gasteiger partial charge in [0.15, 0.2) is 10.2 Å². The zero-order valence-corrected chi connectivity index (χ0v) is 12.8. The summed E-state index contributed by atoms with van der Waals surface area (Å²) in [6, 6.07) is 0.109. The molecule has 2 rings (SSSR count). The van der Waals surface area contributed by atoms with E-state index in [1.807, 2.05) is 13.8 Å². The van der Waals surface area contributed by atoms with Gasteiger partial charge in [-0.25, -0.2) is 4.98 Å². The molecule has 0 bridgehead atoms. The van der Waals surface area contributed by atoms with Gasteiger partial charge < -0.3 is 10.2 Å². The second kappa shape index (κ2) is 5.92. The lowest BCUT2D eigenvalue weighted by Crippen LogP contribution is -2.49. The van der Waals surface area contributed by atoms with Crippen LogP contribution in [0.2, 0.25) is 0 Å². The summed E-state index contributed by atoms with van der Waals surface area (Å²) in [5.41, 5.74) is 0.469. The fraction of sp³-hybridized carbons (Fsp3) is 0.583. The highest BCUT2D eigenvalue weighted by molar-refractivity contribution is 8.14. The van der Waals surface area contributed by atoms with Crippen LogP contribution in [0.3, 0.4) is 0 Å². The molecule has 0 aliphatic carbocycles. The Morgan fingerprint density at radius 1 is 1.53 bits per heavy atom. The van der Waals surface area contributed by atoms with Crippen molar-refractivity contribution in [2.24, 2.45) is 0 Å². The minimum absolute atomic E-state index is 0.109. The van der Waals surface area contributed by atoms with Gasteiger partial charge in [0.25, 0.3) is 5.91 Å². The number of amides is 1. The Morgan fingerprint density at radius 3 is 2.79 bits per heavy atom. The van der Waals surface area contributed by atoms with Crippen molar-refractivity contribution in [1.29, 1.82) is 0 Å². The Morgan fingerprint density at radius 2 is 2.21 bits per heavy atom. The zero-order valence-electron chi connectivity index (χ0n) is 11.2. The molecule has 1 amide bonds. The summed E-state index contributed by atoms with van der Waals surface area (Å²) in [4.78, 5) is 29.2. The van der Waals surface area contributed by atoms with Crippen LogP contribution in [0, 0.1) is 0 Å². The molecule has 5 nitrogen and oxygen atoms in total. The van der Waals surface area contributed by atoms with Crippen LogP contribution in [0.15, 0.2) is 5.38 Å². The molecule has 19 heavy (non-hydrogen) atoms. The average Bonchev–Trinajstić information content (AvgIpc) is 2.70. The molecule has 1 aliphatic heterocycles. The summed E-state index contributed by atoms with van der Waals surface area (Å²) >= 11 is 2.85. The average molecular weight is 299 g/mol. The second-order valence-electron chi connectivity index (χ2n) is 4.78. The number of nitrogens with zero attached hydrogens (tertiary/aromatic N) is 2. The molecule has 0 saturated carbocycles. The van der Waals surface area contributed by atoms with E-state index < -0.39 is 0 Å². The molecular formula is C12H17N3O2S2. The number of carbonyl (C=O) groups excluding carboxylic acids is 2. The van der Waals surface area contributed by atoms with Crippen LogP contribution in [-0.4, -0.2) is 40.4 Å². The van der Waals surface area contributed by atoms with Gasteiger partial charge in [-0.15, -0.1) is 11.3 Å². The lowest BCUT2D eigenvalue weighted by atomic mass is 10.2. The fourth-order valence-electron chi connectivity index (χ4n) is 1.75. The van der Waals surface area contributed by atoms with E-state index in [1.54, 1.807) is 12.3 Å². The fourth-order valence-corrected chi connectivity index (χ4v) is 3.56. The summed E-state index contributed by atoms with van der Waals surface area (Å²) in [7, 11) is 0. The maximum atomic E-state index is 11.8. The topological polar surface area (TPSA) is 62.3 Å². The molecule has 1 saturated heterocycles. The van der Waals surface area contributed by atoms with Gasteiger partial charge in [-0.1, -0.05) is 11.8 Å². The largest absolute Gasteiger partial charge is 0.349 e. The first-order chi connectivity index (χ1) is 8.95. The standard InChI is InChI=1S/C12H17N3O2S2/c1-7(2)13-11(17)10-6-18-12(14-10)15-4-9(5-15)19-8(3)16/h6-7,9H,4-5H2,1-3H3,(H,13,17). The van der Waals surface area contributed by atoms with E-state index >= 15 is 0 Å². The predicted octanol–water partition coefficient (Wildman–Crippen LogP) is 1.75. The molecule has 0 unspecified atom stereocenters. The van der Waals surface area contributed by atoms with Gasteiger partial charge in [0.2, 0.25) is 0 Å². The SMILES string of the molecule is CC(=O)SC1CN(c2nc(C(=O)NC(C)C)cs2)C1.